The summed E-state index contributed by atoms with van der Waals surface area (Å²) in [4.78, 5) is 0. The molecule has 0 spiro atoms. The van der Waals surface area contributed by atoms with E-state index in [2.05, 4.69) is 17.1 Å². The average molecular weight is 200 g/mol. The van der Waals surface area contributed by atoms with E-state index in [1.54, 1.807) is 0 Å². The van der Waals surface area contributed by atoms with E-state index in [-0.39, 0.29) is 0 Å². The van der Waals surface area contributed by atoms with Gasteiger partial charge in [-0.15, -0.1) is 0 Å². The van der Waals surface area contributed by atoms with E-state index in [0.717, 1.165) is 22.3 Å². The molecule has 0 aliphatic heterocycles. The van der Waals surface area contributed by atoms with Crippen LogP contribution in [0.1, 0.15) is 33.4 Å². The maximum absolute atomic E-state index is 10.2. The number of rotatable bonds is 0. The molecule has 3 nitrogen and oxygen atoms in total. The Kier molecular flexibility index (Phi) is 2.97. The van der Waals surface area contributed by atoms with Crippen LogP contribution in [0.15, 0.2) is 0 Å². The summed E-state index contributed by atoms with van der Waals surface area (Å²) in [6.45, 7) is 7.56. The quantitative estimate of drug-likeness (QED) is 0.604. The SMILES string of the molecule is Cc1c(C)c(C#N)c(C)c(C#[N+][O-])c1C. The van der Waals surface area contributed by atoms with Gasteiger partial charge in [0.1, 0.15) is 5.56 Å². The zero-order valence-corrected chi connectivity index (χ0v) is 9.30. The fourth-order valence-electron chi connectivity index (χ4n) is 1.72. The fourth-order valence-corrected chi connectivity index (χ4v) is 1.72. The maximum atomic E-state index is 10.2. The van der Waals surface area contributed by atoms with Gasteiger partial charge >= 0.3 is 6.07 Å². The minimum Gasteiger partial charge on any atom is -0.498 e. The lowest BCUT2D eigenvalue weighted by Gasteiger charge is -2.10. The largest absolute Gasteiger partial charge is 0.498 e. The first-order chi connectivity index (χ1) is 7.04. The molecular formula is C12H12N2O. The van der Waals surface area contributed by atoms with Crippen LogP contribution >= 0.6 is 0 Å². The molecule has 0 N–H and O–H groups in total. The topological polar surface area (TPSA) is 51.2 Å². The van der Waals surface area contributed by atoms with Crippen LogP contribution in [0, 0.1) is 50.3 Å². The lowest BCUT2D eigenvalue weighted by Crippen LogP contribution is -2.00. The standard InChI is InChI=1S/C12H12N2O/c1-7-8(2)11(5-13)10(4)12(6-14-15)9(7)3/h1-4H3. The van der Waals surface area contributed by atoms with Crippen molar-refractivity contribution in [2.24, 2.45) is 0 Å². The third-order valence-electron chi connectivity index (χ3n) is 2.89. The number of benzene rings is 1. The van der Waals surface area contributed by atoms with Crippen LogP contribution < -0.4 is 0 Å². The smallest absolute Gasteiger partial charge is 0.337 e. The summed E-state index contributed by atoms with van der Waals surface area (Å²) >= 11 is 0. The van der Waals surface area contributed by atoms with Crippen LogP contribution in [0.5, 0.6) is 0 Å². The Hall–Kier alpha value is -2.00. The van der Waals surface area contributed by atoms with Crippen molar-refractivity contribution in [3.8, 4) is 12.1 Å². The maximum Gasteiger partial charge on any atom is 0.337 e. The van der Waals surface area contributed by atoms with Crippen molar-refractivity contribution < 1.29 is 0 Å². The molecule has 0 unspecified atom stereocenters. The highest BCUT2D eigenvalue weighted by Crippen LogP contribution is 2.25. The van der Waals surface area contributed by atoms with Gasteiger partial charge in [-0.1, -0.05) is 0 Å². The molecule has 3 heteroatoms. The number of hydrogen-bond donors (Lipinski definition) is 0. The molecule has 0 heterocycles. The summed E-state index contributed by atoms with van der Waals surface area (Å²) in [6.07, 6.45) is 0. The summed E-state index contributed by atoms with van der Waals surface area (Å²) in [5.74, 6) is 0. The van der Waals surface area contributed by atoms with Crippen molar-refractivity contribution in [2.75, 3.05) is 0 Å². The molecule has 0 aliphatic rings. The first kappa shape index (κ1) is 11.1. The highest BCUT2D eigenvalue weighted by atomic mass is 16.4. The van der Waals surface area contributed by atoms with Crippen LogP contribution in [0.4, 0.5) is 0 Å². The molecule has 0 atom stereocenters. The van der Waals surface area contributed by atoms with Gasteiger partial charge in [0, 0.05) is 5.01 Å². The lowest BCUT2D eigenvalue weighted by atomic mass is 9.90. The third-order valence-corrected chi connectivity index (χ3v) is 2.89. The molecule has 0 aliphatic carbocycles. The highest BCUT2D eigenvalue weighted by molar-refractivity contribution is 5.59. The van der Waals surface area contributed by atoms with Gasteiger partial charge in [0.25, 0.3) is 0 Å². The van der Waals surface area contributed by atoms with E-state index in [1.165, 1.54) is 0 Å². The van der Waals surface area contributed by atoms with Crippen molar-refractivity contribution in [1.82, 2.24) is 0 Å². The molecule has 1 rings (SSSR count). The minimum atomic E-state index is 0.615. The lowest BCUT2D eigenvalue weighted by molar-refractivity contribution is 1.19. The minimum absolute atomic E-state index is 0.615. The van der Waals surface area contributed by atoms with Crippen LogP contribution in [-0.2, 0) is 0 Å². The fraction of sp³-hybridized carbons (Fsp3) is 0.333. The summed E-state index contributed by atoms with van der Waals surface area (Å²) in [5.41, 5.74) is 4.97. The van der Waals surface area contributed by atoms with Crippen LogP contribution in [0.3, 0.4) is 0 Å². The van der Waals surface area contributed by atoms with Crippen molar-refractivity contribution in [1.29, 1.82) is 5.26 Å². The van der Waals surface area contributed by atoms with Gasteiger partial charge in [0.05, 0.1) is 11.6 Å². The zero-order valence-electron chi connectivity index (χ0n) is 9.30. The second-order valence-corrected chi connectivity index (χ2v) is 3.56. The Bertz CT molecular complexity index is 513. The predicted octanol–water partition coefficient (Wildman–Crippen LogP) is 2.97. The van der Waals surface area contributed by atoms with Crippen molar-refractivity contribution in [3.05, 3.63) is 43.6 Å². The van der Waals surface area contributed by atoms with Gasteiger partial charge in [-0.3, -0.25) is 0 Å². The van der Waals surface area contributed by atoms with Gasteiger partial charge in [-0.05, 0) is 49.9 Å². The summed E-state index contributed by atoms with van der Waals surface area (Å²) < 4.78 is 0. The summed E-state index contributed by atoms with van der Waals surface area (Å²) in [6, 6.07) is 4.55. The Morgan fingerprint density at radius 2 is 1.47 bits per heavy atom. The molecule has 1 aromatic carbocycles. The van der Waals surface area contributed by atoms with E-state index in [0.29, 0.717) is 11.1 Å². The first-order valence-corrected chi connectivity index (χ1v) is 4.63. The molecule has 15 heavy (non-hydrogen) atoms. The zero-order chi connectivity index (χ0) is 11.6. The molecule has 0 bridgehead atoms. The van der Waals surface area contributed by atoms with E-state index >= 15 is 0 Å². The predicted molar refractivity (Wildman–Crippen MR) is 59.8 cm³/mol. The molecule has 0 aromatic heterocycles. The first-order valence-electron chi connectivity index (χ1n) is 4.63. The second-order valence-electron chi connectivity index (χ2n) is 3.56. The van der Waals surface area contributed by atoms with Crippen LogP contribution in [0.2, 0.25) is 0 Å². The monoisotopic (exact) mass is 200 g/mol. The van der Waals surface area contributed by atoms with E-state index in [1.807, 2.05) is 27.7 Å². The van der Waals surface area contributed by atoms with Gasteiger partial charge in [-0.25, -0.2) is 0 Å². The molecule has 0 saturated carbocycles. The van der Waals surface area contributed by atoms with E-state index < -0.39 is 0 Å². The summed E-state index contributed by atoms with van der Waals surface area (Å²) in [7, 11) is 0. The highest BCUT2D eigenvalue weighted by Gasteiger charge is 2.16. The second kappa shape index (κ2) is 4.02. The van der Waals surface area contributed by atoms with E-state index in [9.17, 15) is 5.21 Å². The van der Waals surface area contributed by atoms with Crippen molar-refractivity contribution in [3.63, 3.8) is 0 Å². The molecule has 0 amide bonds. The molecule has 1 aromatic rings. The number of hydrogen-bond acceptors (Lipinski definition) is 2. The molecule has 0 fully saturated rings. The Labute approximate surface area is 89.4 Å². The van der Waals surface area contributed by atoms with Gasteiger partial charge < -0.3 is 5.21 Å². The molecule has 0 radical (unpaired) electrons. The number of nitrogens with zero attached hydrogens (tertiary/aromatic N) is 2. The van der Waals surface area contributed by atoms with Gasteiger partial charge in [0.15, 0.2) is 0 Å². The average Bonchev–Trinajstić information content (AvgIpc) is 2.22. The van der Waals surface area contributed by atoms with Crippen molar-refractivity contribution in [2.45, 2.75) is 27.7 Å². The normalized spacial score (nSPS) is 9.00. The summed E-state index contributed by atoms with van der Waals surface area (Å²) in [5, 5.41) is 21.9. The Morgan fingerprint density at radius 3 is 1.93 bits per heavy atom. The van der Waals surface area contributed by atoms with Crippen molar-refractivity contribution >= 4 is 0 Å². The van der Waals surface area contributed by atoms with Crippen LogP contribution in [-0.4, -0.2) is 0 Å². The number of nitriles is 1. The molecular weight excluding hydrogens is 188 g/mol. The third kappa shape index (κ3) is 1.65. The molecule has 76 valence electrons. The molecule has 0 saturated heterocycles. The van der Waals surface area contributed by atoms with E-state index in [4.69, 9.17) is 5.26 Å². The van der Waals surface area contributed by atoms with Crippen LogP contribution in [0.25, 0.3) is 5.01 Å². The Morgan fingerprint density at radius 1 is 0.933 bits per heavy atom. The van der Waals surface area contributed by atoms with Gasteiger partial charge in [-0.2, -0.15) is 5.26 Å². The Balaban J connectivity index is 3.75. The van der Waals surface area contributed by atoms with Gasteiger partial charge in [0.2, 0.25) is 0 Å².